The molecule has 0 fully saturated rings. The van der Waals surface area contributed by atoms with Crippen LogP contribution in [0, 0.1) is 0 Å². The molecule has 138 valence electrons. The van der Waals surface area contributed by atoms with E-state index in [0.717, 1.165) is 0 Å². The predicted molar refractivity (Wildman–Crippen MR) is 131 cm³/mol. The maximum absolute atomic E-state index is 2.33. The van der Waals surface area contributed by atoms with Crippen LogP contribution in [0.25, 0.3) is 64.6 Å². The molecular formula is C30H18. The Morgan fingerprint density at radius 1 is 0.233 bits per heavy atom. The third kappa shape index (κ3) is 2.00. The predicted octanol–water partition coefficient (Wildman–Crippen LogP) is 8.61. The molecule has 0 heteroatoms. The largest absolute Gasteiger partial charge is 0.0616 e. The molecule has 0 saturated carbocycles. The highest BCUT2D eigenvalue weighted by Crippen LogP contribution is 2.43. The van der Waals surface area contributed by atoms with Gasteiger partial charge < -0.3 is 0 Å². The monoisotopic (exact) mass is 378 g/mol. The van der Waals surface area contributed by atoms with Crippen molar-refractivity contribution in [2.45, 2.75) is 0 Å². The van der Waals surface area contributed by atoms with E-state index in [1.807, 2.05) is 0 Å². The van der Waals surface area contributed by atoms with Crippen LogP contribution in [-0.4, -0.2) is 0 Å². The average Bonchev–Trinajstić information content (AvgIpc) is 2.82. The molecule has 7 rings (SSSR count). The summed E-state index contributed by atoms with van der Waals surface area (Å²) < 4.78 is 0. The van der Waals surface area contributed by atoms with Crippen molar-refractivity contribution in [3.8, 4) is 0 Å². The van der Waals surface area contributed by atoms with Crippen LogP contribution in [0.15, 0.2) is 109 Å². The molecule has 30 heavy (non-hydrogen) atoms. The van der Waals surface area contributed by atoms with Gasteiger partial charge in [0.05, 0.1) is 0 Å². The molecule has 0 radical (unpaired) electrons. The summed E-state index contributed by atoms with van der Waals surface area (Å²) in [4.78, 5) is 0. The molecule has 0 aliphatic rings. The van der Waals surface area contributed by atoms with Crippen LogP contribution in [0.3, 0.4) is 0 Å². The second-order valence-corrected chi connectivity index (χ2v) is 8.13. The zero-order valence-electron chi connectivity index (χ0n) is 16.4. The van der Waals surface area contributed by atoms with Crippen molar-refractivity contribution in [2.24, 2.45) is 0 Å². The second kappa shape index (κ2) is 5.81. The first-order valence-corrected chi connectivity index (χ1v) is 10.5. The third-order valence-corrected chi connectivity index (χ3v) is 6.60. The highest BCUT2D eigenvalue weighted by atomic mass is 14.2. The molecule has 0 aliphatic heterocycles. The summed E-state index contributed by atoms with van der Waals surface area (Å²) in [6.07, 6.45) is 0. The van der Waals surface area contributed by atoms with Crippen LogP contribution in [0.2, 0.25) is 0 Å². The molecule has 0 atom stereocenters. The van der Waals surface area contributed by atoms with Gasteiger partial charge in [0.15, 0.2) is 0 Å². The van der Waals surface area contributed by atoms with Gasteiger partial charge in [-0.25, -0.2) is 0 Å². The molecule has 7 aromatic carbocycles. The Hall–Kier alpha value is -3.90. The summed E-state index contributed by atoms with van der Waals surface area (Å²) in [6.45, 7) is 0. The lowest BCUT2D eigenvalue weighted by molar-refractivity contribution is 1.78. The lowest BCUT2D eigenvalue weighted by Gasteiger charge is -2.16. The van der Waals surface area contributed by atoms with Crippen LogP contribution in [0.5, 0.6) is 0 Å². The fourth-order valence-electron chi connectivity index (χ4n) is 5.30. The number of hydrogen-bond acceptors (Lipinski definition) is 0. The average molecular weight is 378 g/mol. The zero-order valence-corrected chi connectivity index (χ0v) is 16.4. The Balaban J connectivity index is 1.94. The maximum atomic E-state index is 2.33. The summed E-state index contributed by atoms with van der Waals surface area (Å²) in [6, 6.07) is 40.1. The Kier molecular flexibility index (Phi) is 3.09. The molecule has 7 aromatic rings. The number of rotatable bonds is 0. The van der Waals surface area contributed by atoms with E-state index in [4.69, 9.17) is 0 Å². The molecule has 0 heterocycles. The summed E-state index contributed by atoms with van der Waals surface area (Å²) >= 11 is 0. The van der Waals surface area contributed by atoms with Crippen LogP contribution < -0.4 is 0 Å². The van der Waals surface area contributed by atoms with E-state index in [-0.39, 0.29) is 0 Å². The number of benzene rings is 7. The van der Waals surface area contributed by atoms with Crippen molar-refractivity contribution in [3.63, 3.8) is 0 Å². The molecule has 0 spiro atoms. The standard InChI is InChI=1S/C30H18/c1-4-10-22-19(7-1)13-16-25-26-17-14-20-8-2-5-11-23(20)29(26)30-24-12-6-3-9-21(24)15-18-27(30)28(22)25/h1-18H. The fourth-order valence-corrected chi connectivity index (χ4v) is 5.30. The van der Waals surface area contributed by atoms with Crippen molar-refractivity contribution in [3.05, 3.63) is 109 Å². The smallest absolute Gasteiger partial charge is 0.00139 e. The van der Waals surface area contributed by atoms with Gasteiger partial charge in [-0.1, -0.05) is 109 Å². The second-order valence-electron chi connectivity index (χ2n) is 8.13. The van der Waals surface area contributed by atoms with Crippen LogP contribution >= 0.6 is 0 Å². The summed E-state index contributed by atoms with van der Waals surface area (Å²) in [5, 5.41) is 15.9. The summed E-state index contributed by atoms with van der Waals surface area (Å²) in [5.41, 5.74) is 0. The Morgan fingerprint density at radius 2 is 0.600 bits per heavy atom. The third-order valence-electron chi connectivity index (χ3n) is 6.60. The Labute approximate surface area is 174 Å². The normalized spacial score (nSPS) is 12.0. The van der Waals surface area contributed by atoms with Crippen LogP contribution in [-0.2, 0) is 0 Å². The first kappa shape index (κ1) is 16.0. The Morgan fingerprint density at radius 3 is 1.13 bits per heavy atom. The SMILES string of the molecule is c1ccc2c(c1)ccc1c3ccc4ccccc4c3c3c4ccccc4ccc3c21. The minimum Gasteiger partial charge on any atom is -0.0616 e. The lowest BCUT2D eigenvalue weighted by Crippen LogP contribution is -1.88. The van der Waals surface area contributed by atoms with Crippen molar-refractivity contribution in [2.75, 3.05) is 0 Å². The fraction of sp³-hybridized carbons (Fsp3) is 0. The van der Waals surface area contributed by atoms with Gasteiger partial charge in [0.2, 0.25) is 0 Å². The van der Waals surface area contributed by atoms with E-state index in [0.29, 0.717) is 0 Å². The Bertz CT molecular complexity index is 1790. The maximum Gasteiger partial charge on any atom is -0.00139 e. The molecule has 0 saturated heterocycles. The van der Waals surface area contributed by atoms with Crippen molar-refractivity contribution in [1.82, 2.24) is 0 Å². The van der Waals surface area contributed by atoms with Crippen molar-refractivity contribution < 1.29 is 0 Å². The lowest BCUT2D eigenvalue weighted by atomic mass is 9.87. The zero-order chi connectivity index (χ0) is 19.7. The van der Waals surface area contributed by atoms with Gasteiger partial charge in [0.1, 0.15) is 0 Å². The topological polar surface area (TPSA) is 0 Å². The molecule has 0 aliphatic carbocycles. The number of fused-ring (bicyclic) bond motifs is 12. The van der Waals surface area contributed by atoms with E-state index in [2.05, 4.69) is 109 Å². The van der Waals surface area contributed by atoms with E-state index in [1.165, 1.54) is 64.6 Å². The van der Waals surface area contributed by atoms with Crippen molar-refractivity contribution in [1.29, 1.82) is 0 Å². The molecule has 0 unspecified atom stereocenters. The first-order chi connectivity index (χ1) is 14.9. The molecule has 0 bridgehead atoms. The van der Waals surface area contributed by atoms with Gasteiger partial charge in [-0.3, -0.25) is 0 Å². The first-order valence-electron chi connectivity index (χ1n) is 10.5. The minimum absolute atomic E-state index is 1.29. The highest BCUT2D eigenvalue weighted by molar-refractivity contribution is 6.39. The minimum atomic E-state index is 1.29. The van der Waals surface area contributed by atoms with E-state index < -0.39 is 0 Å². The van der Waals surface area contributed by atoms with E-state index in [9.17, 15) is 0 Å². The molecule has 0 nitrogen and oxygen atoms in total. The molecule has 0 N–H and O–H groups in total. The van der Waals surface area contributed by atoms with Crippen LogP contribution in [0.1, 0.15) is 0 Å². The van der Waals surface area contributed by atoms with Gasteiger partial charge in [-0.05, 0) is 64.6 Å². The molecular weight excluding hydrogens is 360 g/mol. The van der Waals surface area contributed by atoms with Gasteiger partial charge >= 0.3 is 0 Å². The van der Waals surface area contributed by atoms with Gasteiger partial charge in [0.25, 0.3) is 0 Å². The molecule has 0 aromatic heterocycles. The summed E-state index contributed by atoms with van der Waals surface area (Å²) in [5.74, 6) is 0. The highest BCUT2D eigenvalue weighted by Gasteiger charge is 2.15. The molecule has 0 amide bonds. The number of hydrogen-bond donors (Lipinski definition) is 0. The van der Waals surface area contributed by atoms with Crippen molar-refractivity contribution >= 4 is 64.6 Å². The van der Waals surface area contributed by atoms with Gasteiger partial charge in [-0.15, -0.1) is 0 Å². The van der Waals surface area contributed by atoms with Crippen LogP contribution in [0.4, 0.5) is 0 Å². The van der Waals surface area contributed by atoms with E-state index in [1.54, 1.807) is 0 Å². The summed E-state index contributed by atoms with van der Waals surface area (Å²) in [7, 11) is 0. The quantitative estimate of drug-likeness (QED) is 0.232. The van der Waals surface area contributed by atoms with Gasteiger partial charge in [0, 0.05) is 0 Å². The van der Waals surface area contributed by atoms with E-state index >= 15 is 0 Å². The van der Waals surface area contributed by atoms with Gasteiger partial charge in [-0.2, -0.15) is 0 Å².